The van der Waals surface area contributed by atoms with Gasteiger partial charge in [-0.1, -0.05) is 6.92 Å². The number of ether oxygens (including phenoxy) is 2. The summed E-state index contributed by atoms with van der Waals surface area (Å²) in [5.41, 5.74) is 6.75. The number of aliphatic imine (C=N–C) groups is 1. The van der Waals surface area contributed by atoms with Crippen molar-refractivity contribution in [1.29, 1.82) is 0 Å². The molecule has 3 N–H and O–H groups in total. The fourth-order valence-corrected chi connectivity index (χ4v) is 3.23. The van der Waals surface area contributed by atoms with E-state index in [0.29, 0.717) is 11.7 Å². The average Bonchev–Trinajstić information content (AvgIpc) is 2.61. The van der Waals surface area contributed by atoms with Gasteiger partial charge in [0.05, 0.1) is 19.9 Å². The van der Waals surface area contributed by atoms with Gasteiger partial charge in [0.25, 0.3) is 0 Å². The lowest BCUT2D eigenvalue weighted by Gasteiger charge is -2.30. The van der Waals surface area contributed by atoms with Crippen molar-refractivity contribution in [3.05, 3.63) is 18.2 Å². The second kappa shape index (κ2) is 10.1. The van der Waals surface area contributed by atoms with Crippen molar-refractivity contribution in [2.45, 2.75) is 32.6 Å². The number of nitrogens with zero attached hydrogens (tertiary/aromatic N) is 2. The van der Waals surface area contributed by atoms with E-state index in [9.17, 15) is 0 Å². The summed E-state index contributed by atoms with van der Waals surface area (Å²) in [6.07, 6.45) is 4.91. The van der Waals surface area contributed by atoms with Gasteiger partial charge in [-0.15, -0.1) is 0 Å². The summed E-state index contributed by atoms with van der Waals surface area (Å²) in [7, 11) is 3.26. The quantitative estimate of drug-likeness (QED) is 0.429. The van der Waals surface area contributed by atoms with E-state index >= 15 is 0 Å². The number of likely N-dealkylation sites (tertiary alicyclic amines) is 1. The summed E-state index contributed by atoms with van der Waals surface area (Å²) in [4.78, 5) is 6.99. The lowest BCUT2D eigenvalue weighted by atomic mass is 10.0. The first kappa shape index (κ1) is 19.4. The van der Waals surface area contributed by atoms with Crippen LogP contribution in [-0.2, 0) is 0 Å². The molecular weight excluding hydrogens is 316 g/mol. The molecule has 0 amide bonds. The van der Waals surface area contributed by atoms with Gasteiger partial charge in [0.2, 0.25) is 0 Å². The van der Waals surface area contributed by atoms with Gasteiger partial charge in [-0.05, 0) is 56.8 Å². The summed E-state index contributed by atoms with van der Waals surface area (Å²) in [6, 6.07) is 5.53. The highest BCUT2D eigenvalue weighted by Crippen LogP contribution is 2.28. The molecule has 1 aromatic carbocycles. The number of rotatable bonds is 8. The standard InChI is InChI=1S/C19H32N4O2/c1-15-7-6-12-23(14-15)11-5-4-10-21-19(20)22-17-13-16(24-2)8-9-18(17)25-3/h8-9,13,15H,4-7,10-12,14H2,1-3H3,(H3,20,21,22). The SMILES string of the molecule is COc1ccc(OC)c(NC(N)=NCCCCN2CCCC(C)C2)c1. The molecule has 0 aliphatic carbocycles. The number of piperidine rings is 1. The highest BCUT2D eigenvalue weighted by Gasteiger charge is 2.15. The number of nitrogens with one attached hydrogen (secondary N) is 1. The van der Waals surface area contributed by atoms with Crippen molar-refractivity contribution in [2.24, 2.45) is 16.6 Å². The maximum Gasteiger partial charge on any atom is 0.193 e. The van der Waals surface area contributed by atoms with Gasteiger partial charge in [0, 0.05) is 19.2 Å². The molecule has 0 saturated carbocycles. The molecule has 0 aromatic heterocycles. The van der Waals surface area contributed by atoms with Crippen LogP contribution < -0.4 is 20.5 Å². The summed E-state index contributed by atoms with van der Waals surface area (Å²) < 4.78 is 10.6. The number of guanidine groups is 1. The van der Waals surface area contributed by atoms with E-state index in [0.717, 1.165) is 43.3 Å². The van der Waals surface area contributed by atoms with Crippen molar-refractivity contribution in [3.8, 4) is 11.5 Å². The van der Waals surface area contributed by atoms with Gasteiger partial charge in [-0.25, -0.2) is 0 Å². The summed E-state index contributed by atoms with van der Waals surface area (Å²) >= 11 is 0. The van der Waals surface area contributed by atoms with Gasteiger partial charge < -0.3 is 25.4 Å². The first-order chi connectivity index (χ1) is 12.1. The van der Waals surface area contributed by atoms with Gasteiger partial charge in [-0.3, -0.25) is 4.99 Å². The van der Waals surface area contributed by atoms with Crippen molar-refractivity contribution in [3.63, 3.8) is 0 Å². The zero-order valence-electron chi connectivity index (χ0n) is 15.8. The molecule has 0 spiro atoms. The predicted octanol–water partition coefficient (Wildman–Crippen LogP) is 2.94. The third-order valence-electron chi connectivity index (χ3n) is 4.58. The Morgan fingerprint density at radius 1 is 1.32 bits per heavy atom. The van der Waals surface area contributed by atoms with Crippen LogP contribution in [0.25, 0.3) is 0 Å². The van der Waals surface area contributed by atoms with Crippen molar-refractivity contribution in [1.82, 2.24) is 4.90 Å². The van der Waals surface area contributed by atoms with Crippen molar-refractivity contribution < 1.29 is 9.47 Å². The van der Waals surface area contributed by atoms with Gasteiger partial charge in [-0.2, -0.15) is 0 Å². The molecule has 1 atom stereocenters. The molecule has 6 nitrogen and oxygen atoms in total. The monoisotopic (exact) mass is 348 g/mol. The molecule has 140 valence electrons. The molecule has 1 saturated heterocycles. The molecule has 2 rings (SSSR count). The van der Waals surface area contributed by atoms with Crippen LogP contribution >= 0.6 is 0 Å². The fraction of sp³-hybridized carbons (Fsp3) is 0.632. The molecule has 25 heavy (non-hydrogen) atoms. The Balaban J connectivity index is 1.74. The topological polar surface area (TPSA) is 72.1 Å². The van der Waals surface area contributed by atoms with Gasteiger partial charge in [0.1, 0.15) is 11.5 Å². The molecule has 0 radical (unpaired) electrons. The summed E-state index contributed by atoms with van der Waals surface area (Å²) in [5, 5.41) is 3.09. The number of nitrogens with two attached hydrogens (primary N) is 1. The largest absolute Gasteiger partial charge is 0.497 e. The summed E-state index contributed by atoms with van der Waals surface area (Å²) in [6.45, 7) is 6.72. The Kier molecular flexibility index (Phi) is 7.85. The molecule has 1 unspecified atom stereocenters. The van der Waals surface area contributed by atoms with E-state index in [1.165, 1.54) is 25.9 Å². The van der Waals surface area contributed by atoms with Crippen LogP contribution in [0, 0.1) is 5.92 Å². The van der Waals surface area contributed by atoms with Crippen LogP contribution in [0.5, 0.6) is 11.5 Å². The third-order valence-corrected chi connectivity index (χ3v) is 4.58. The van der Waals surface area contributed by atoms with Gasteiger partial charge >= 0.3 is 0 Å². The molecule has 0 bridgehead atoms. The smallest absolute Gasteiger partial charge is 0.193 e. The Morgan fingerprint density at radius 3 is 2.88 bits per heavy atom. The molecule has 6 heteroatoms. The number of methoxy groups -OCH3 is 2. The maximum absolute atomic E-state index is 6.00. The highest BCUT2D eigenvalue weighted by molar-refractivity contribution is 5.93. The Labute approximate surface area is 151 Å². The second-order valence-corrected chi connectivity index (χ2v) is 6.71. The normalized spacial score (nSPS) is 18.8. The number of unbranched alkanes of at least 4 members (excludes halogenated alkanes) is 1. The maximum atomic E-state index is 6.00. The first-order valence-electron chi connectivity index (χ1n) is 9.13. The summed E-state index contributed by atoms with van der Waals surface area (Å²) in [5.74, 6) is 2.69. The average molecular weight is 348 g/mol. The van der Waals surface area contributed by atoms with Crippen LogP contribution in [0.1, 0.15) is 32.6 Å². The molecule has 1 aliphatic rings. The van der Waals surface area contributed by atoms with E-state index in [4.69, 9.17) is 15.2 Å². The molecule has 1 heterocycles. The van der Waals surface area contributed by atoms with Crippen LogP contribution in [0.4, 0.5) is 5.69 Å². The molecule has 1 aromatic rings. The van der Waals surface area contributed by atoms with E-state index in [2.05, 4.69) is 22.1 Å². The fourth-order valence-electron chi connectivity index (χ4n) is 3.23. The zero-order valence-corrected chi connectivity index (χ0v) is 15.8. The number of hydrogen-bond acceptors (Lipinski definition) is 4. The van der Waals surface area contributed by atoms with Crippen LogP contribution in [0.2, 0.25) is 0 Å². The first-order valence-corrected chi connectivity index (χ1v) is 9.13. The van der Waals surface area contributed by atoms with E-state index in [1.54, 1.807) is 14.2 Å². The van der Waals surface area contributed by atoms with Crippen molar-refractivity contribution >= 4 is 11.6 Å². The second-order valence-electron chi connectivity index (χ2n) is 6.71. The number of hydrogen-bond donors (Lipinski definition) is 2. The van der Waals surface area contributed by atoms with Crippen LogP contribution in [0.3, 0.4) is 0 Å². The molecule has 1 fully saturated rings. The van der Waals surface area contributed by atoms with E-state index in [-0.39, 0.29) is 0 Å². The number of anilines is 1. The minimum atomic E-state index is 0.401. The zero-order chi connectivity index (χ0) is 18.1. The molecule has 1 aliphatic heterocycles. The van der Waals surface area contributed by atoms with Crippen LogP contribution in [-0.4, -0.2) is 51.3 Å². The third kappa shape index (κ3) is 6.46. The Morgan fingerprint density at radius 2 is 2.16 bits per heavy atom. The minimum Gasteiger partial charge on any atom is -0.497 e. The molecular formula is C19H32N4O2. The Bertz CT molecular complexity index is 562. The predicted molar refractivity (Wildman–Crippen MR) is 104 cm³/mol. The number of benzene rings is 1. The lowest BCUT2D eigenvalue weighted by molar-refractivity contribution is 0.181. The van der Waals surface area contributed by atoms with E-state index in [1.807, 2.05) is 18.2 Å². The highest BCUT2D eigenvalue weighted by atomic mass is 16.5. The van der Waals surface area contributed by atoms with Crippen LogP contribution in [0.15, 0.2) is 23.2 Å². The van der Waals surface area contributed by atoms with E-state index < -0.39 is 0 Å². The lowest BCUT2D eigenvalue weighted by Crippen LogP contribution is -2.35. The Hall–Kier alpha value is -1.95. The van der Waals surface area contributed by atoms with Crippen molar-refractivity contribution in [2.75, 3.05) is 45.7 Å². The van der Waals surface area contributed by atoms with Gasteiger partial charge in [0.15, 0.2) is 5.96 Å². The minimum absolute atomic E-state index is 0.401.